The lowest BCUT2D eigenvalue weighted by Gasteiger charge is -2.21. The van der Waals surface area contributed by atoms with Crippen LogP contribution in [0.1, 0.15) is 0 Å². The fraction of sp³-hybridized carbons (Fsp3) is 0. The summed E-state index contributed by atoms with van der Waals surface area (Å²) in [5.41, 5.74) is 7.58. The minimum absolute atomic E-state index is 1.23. The summed E-state index contributed by atoms with van der Waals surface area (Å²) in [5.74, 6) is 0. The minimum atomic E-state index is 1.23. The molecule has 11 aromatic carbocycles. The van der Waals surface area contributed by atoms with Gasteiger partial charge in [0, 0.05) is 25.6 Å². The van der Waals surface area contributed by atoms with Crippen molar-refractivity contribution in [3.05, 3.63) is 194 Å². The predicted molar refractivity (Wildman–Crippen MR) is 241 cm³/mol. The molecule has 0 nitrogen and oxygen atoms in total. The Bertz CT molecular complexity index is 3550. The van der Waals surface area contributed by atoms with Crippen LogP contribution in [0.4, 0.5) is 0 Å². The van der Waals surface area contributed by atoms with E-state index in [-0.39, 0.29) is 0 Å². The Hall–Kier alpha value is -6.80. The second-order valence-electron chi connectivity index (χ2n) is 14.7. The third-order valence-corrected chi connectivity index (χ3v) is 12.9. The van der Waals surface area contributed by atoms with Gasteiger partial charge in [-0.2, -0.15) is 0 Å². The summed E-state index contributed by atoms with van der Waals surface area (Å²) in [7, 11) is 0. The quantitative estimate of drug-likeness (QED) is 0.126. The van der Waals surface area contributed by atoms with E-state index in [0.717, 1.165) is 0 Å². The average molecular weight is 713 g/mol. The van der Waals surface area contributed by atoms with E-state index in [1.54, 1.807) is 0 Å². The molecular formula is C54H32S. The lowest BCUT2D eigenvalue weighted by Crippen LogP contribution is -1.93. The van der Waals surface area contributed by atoms with E-state index < -0.39 is 0 Å². The van der Waals surface area contributed by atoms with Gasteiger partial charge in [-0.05, 0) is 123 Å². The molecule has 1 heteroatoms. The summed E-state index contributed by atoms with van der Waals surface area (Å²) in [6.07, 6.45) is 0. The van der Waals surface area contributed by atoms with Gasteiger partial charge in [-0.3, -0.25) is 0 Å². The van der Waals surface area contributed by atoms with Crippen LogP contribution in [-0.4, -0.2) is 0 Å². The van der Waals surface area contributed by atoms with Crippen LogP contribution >= 0.6 is 11.3 Å². The first kappa shape index (κ1) is 30.6. The van der Waals surface area contributed by atoms with Gasteiger partial charge in [-0.1, -0.05) is 164 Å². The second kappa shape index (κ2) is 11.9. The zero-order chi connectivity index (χ0) is 36.0. The maximum Gasteiger partial charge on any atom is 0.0362 e. The molecule has 0 amide bonds. The lowest BCUT2D eigenvalue weighted by atomic mass is 9.82. The molecule has 254 valence electrons. The molecular weight excluding hydrogens is 681 g/mol. The van der Waals surface area contributed by atoms with Crippen molar-refractivity contribution in [2.75, 3.05) is 0 Å². The Kier molecular flexibility index (Phi) is 6.60. The standard InChI is InChI=1S/C54H32S/c1-3-18-37-34(14-1)31-47(41-22-7-5-20-39(37)41)33-16-13-17-36(30-33)51-43-24-9-10-25-44(43)52(46-28-29-50-53(54(46)51)45-26-11-12-27-49(45)55-50)48-32-35-15-2-4-19-38(35)40-21-6-8-23-42(40)48/h1-32H. The molecule has 0 aliphatic carbocycles. The number of rotatable bonds is 3. The maximum atomic E-state index is 2.44. The summed E-state index contributed by atoms with van der Waals surface area (Å²) >= 11 is 1.89. The summed E-state index contributed by atoms with van der Waals surface area (Å²) in [6, 6.07) is 72.4. The van der Waals surface area contributed by atoms with Gasteiger partial charge >= 0.3 is 0 Å². The van der Waals surface area contributed by atoms with Crippen LogP contribution in [0.25, 0.3) is 118 Å². The highest BCUT2D eigenvalue weighted by Gasteiger charge is 2.23. The van der Waals surface area contributed by atoms with Gasteiger partial charge in [-0.15, -0.1) is 11.3 Å². The highest BCUT2D eigenvalue weighted by atomic mass is 32.1. The first-order valence-electron chi connectivity index (χ1n) is 19.0. The fourth-order valence-corrected chi connectivity index (χ4v) is 10.6. The number of hydrogen-bond acceptors (Lipinski definition) is 1. The zero-order valence-electron chi connectivity index (χ0n) is 29.9. The van der Waals surface area contributed by atoms with Crippen LogP contribution in [0.3, 0.4) is 0 Å². The van der Waals surface area contributed by atoms with Crippen molar-refractivity contribution in [2.45, 2.75) is 0 Å². The molecule has 0 saturated heterocycles. The van der Waals surface area contributed by atoms with Crippen LogP contribution in [0.5, 0.6) is 0 Å². The smallest absolute Gasteiger partial charge is 0.0362 e. The molecule has 0 bridgehead atoms. The molecule has 0 fully saturated rings. The van der Waals surface area contributed by atoms with Crippen LogP contribution in [0, 0.1) is 0 Å². The largest absolute Gasteiger partial charge is 0.135 e. The molecule has 0 unspecified atom stereocenters. The summed E-state index contributed by atoms with van der Waals surface area (Å²) in [5, 5.41) is 18.0. The summed E-state index contributed by atoms with van der Waals surface area (Å²) in [4.78, 5) is 0. The van der Waals surface area contributed by atoms with E-state index in [1.807, 2.05) is 11.3 Å². The van der Waals surface area contributed by atoms with Gasteiger partial charge in [-0.25, -0.2) is 0 Å². The van der Waals surface area contributed by atoms with Crippen LogP contribution in [-0.2, 0) is 0 Å². The second-order valence-corrected chi connectivity index (χ2v) is 15.8. The summed E-state index contributed by atoms with van der Waals surface area (Å²) < 4.78 is 2.63. The molecule has 12 aromatic rings. The normalized spacial score (nSPS) is 12.0. The van der Waals surface area contributed by atoms with Gasteiger partial charge in [0.15, 0.2) is 0 Å². The van der Waals surface area contributed by atoms with Crippen LogP contribution in [0.15, 0.2) is 194 Å². The number of benzene rings is 11. The van der Waals surface area contributed by atoms with Crippen molar-refractivity contribution in [1.82, 2.24) is 0 Å². The number of fused-ring (bicyclic) bond motifs is 12. The summed E-state index contributed by atoms with van der Waals surface area (Å²) in [6.45, 7) is 0. The van der Waals surface area contributed by atoms with Crippen molar-refractivity contribution < 1.29 is 0 Å². The first-order chi connectivity index (χ1) is 27.3. The zero-order valence-corrected chi connectivity index (χ0v) is 30.7. The van der Waals surface area contributed by atoms with Crippen molar-refractivity contribution in [3.63, 3.8) is 0 Å². The van der Waals surface area contributed by atoms with E-state index in [0.29, 0.717) is 0 Å². The molecule has 0 radical (unpaired) electrons. The molecule has 0 aliphatic heterocycles. The fourth-order valence-electron chi connectivity index (χ4n) is 9.47. The molecule has 0 aliphatic rings. The molecule has 12 rings (SSSR count). The van der Waals surface area contributed by atoms with Crippen LogP contribution in [0.2, 0.25) is 0 Å². The predicted octanol–water partition coefficient (Wildman–Crippen LogP) is 16.0. The van der Waals surface area contributed by atoms with Gasteiger partial charge in [0.1, 0.15) is 0 Å². The molecule has 0 N–H and O–H groups in total. The van der Waals surface area contributed by atoms with Gasteiger partial charge in [0.2, 0.25) is 0 Å². The van der Waals surface area contributed by atoms with Crippen molar-refractivity contribution in [3.8, 4) is 33.4 Å². The molecule has 1 aromatic heterocycles. The van der Waals surface area contributed by atoms with Crippen LogP contribution < -0.4 is 0 Å². The van der Waals surface area contributed by atoms with E-state index >= 15 is 0 Å². The van der Waals surface area contributed by atoms with Gasteiger partial charge in [0.05, 0.1) is 0 Å². The average Bonchev–Trinajstić information content (AvgIpc) is 3.64. The van der Waals surface area contributed by atoms with Crippen molar-refractivity contribution in [2.24, 2.45) is 0 Å². The Labute approximate surface area is 322 Å². The van der Waals surface area contributed by atoms with E-state index in [1.165, 1.54) is 118 Å². The SMILES string of the molecule is c1cc(-c2cc3ccccc3c3ccccc23)cc(-c2c3ccccc3c(-c3cc4ccccc4c4ccccc34)c3ccc4sc5ccccc5c4c23)c1. The Morgan fingerprint density at radius 1 is 0.255 bits per heavy atom. The number of hydrogen-bond donors (Lipinski definition) is 0. The third-order valence-electron chi connectivity index (χ3n) is 11.8. The molecule has 1 heterocycles. The van der Waals surface area contributed by atoms with E-state index in [9.17, 15) is 0 Å². The third kappa shape index (κ3) is 4.51. The molecule has 55 heavy (non-hydrogen) atoms. The van der Waals surface area contributed by atoms with E-state index in [4.69, 9.17) is 0 Å². The Morgan fingerprint density at radius 2 is 0.764 bits per heavy atom. The lowest BCUT2D eigenvalue weighted by molar-refractivity contribution is 1.65. The maximum absolute atomic E-state index is 2.44. The topological polar surface area (TPSA) is 0 Å². The Morgan fingerprint density at radius 3 is 1.45 bits per heavy atom. The first-order valence-corrected chi connectivity index (χ1v) is 19.8. The number of thiophene rings is 1. The van der Waals surface area contributed by atoms with E-state index in [2.05, 4.69) is 194 Å². The monoisotopic (exact) mass is 712 g/mol. The molecule has 0 atom stereocenters. The molecule has 0 spiro atoms. The minimum Gasteiger partial charge on any atom is -0.135 e. The Balaban J connectivity index is 1.25. The van der Waals surface area contributed by atoms with Crippen molar-refractivity contribution >= 4 is 96.1 Å². The van der Waals surface area contributed by atoms with Gasteiger partial charge < -0.3 is 0 Å². The van der Waals surface area contributed by atoms with Crippen molar-refractivity contribution in [1.29, 1.82) is 0 Å². The highest BCUT2D eigenvalue weighted by molar-refractivity contribution is 7.26. The molecule has 0 saturated carbocycles. The highest BCUT2D eigenvalue weighted by Crippen LogP contribution is 2.51. The van der Waals surface area contributed by atoms with Gasteiger partial charge in [0.25, 0.3) is 0 Å².